The van der Waals surface area contributed by atoms with Crippen LogP contribution in [0, 0.1) is 5.82 Å². The number of amides is 2. The van der Waals surface area contributed by atoms with E-state index in [1.165, 1.54) is 17.4 Å². The number of carbonyl (C=O) groups is 2. The predicted molar refractivity (Wildman–Crippen MR) is 107 cm³/mol. The number of carbonyl (C=O) groups excluding carboxylic acids is 2. The number of aromatic nitrogens is 1. The van der Waals surface area contributed by atoms with Crippen LogP contribution in [0.3, 0.4) is 0 Å². The van der Waals surface area contributed by atoms with Crippen molar-refractivity contribution in [3.05, 3.63) is 46.2 Å². The molecule has 0 unspecified atom stereocenters. The van der Waals surface area contributed by atoms with Gasteiger partial charge in [0.1, 0.15) is 17.3 Å². The molecule has 0 aliphatic rings. The molecule has 8 heteroatoms. The molecule has 0 atom stereocenters. The first-order valence-corrected chi connectivity index (χ1v) is 10.3. The molecule has 2 rings (SSSR count). The van der Waals surface area contributed by atoms with Crippen molar-refractivity contribution in [1.82, 2.24) is 15.6 Å². The third-order valence-corrected chi connectivity index (χ3v) is 4.76. The lowest BCUT2D eigenvalue weighted by atomic mass is 10.2. The van der Waals surface area contributed by atoms with Crippen LogP contribution in [0.25, 0.3) is 0 Å². The fraction of sp³-hybridized carbons (Fsp3) is 0.450. The van der Waals surface area contributed by atoms with Gasteiger partial charge in [0.05, 0.1) is 0 Å². The summed E-state index contributed by atoms with van der Waals surface area (Å²) in [6.07, 6.45) is 4.26. The number of hydrogen-bond donors (Lipinski definition) is 2. The topological polar surface area (TPSA) is 80.3 Å². The van der Waals surface area contributed by atoms with Gasteiger partial charge in [0.2, 0.25) is 5.91 Å². The van der Waals surface area contributed by atoms with Crippen molar-refractivity contribution in [2.45, 2.75) is 45.6 Å². The zero-order chi connectivity index (χ0) is 20.2. The highest BCUT2D eigenvalue weighted by molar-refractivity contribution is 7.09. The van der Waals surface area contributed by atoms with Crippen LogP contribution in [0.2, 0.25) is 0 Å². The minimum Gasteiger partial charge on any atom is -0.483 e. The minimum absolute atomic E-state index is 0.0544. The van der Waals surface area contributed by atoms with E-state index in [4.69, 9.17) is 4.74 Å². The van der Waals surface area contributed by atoms with E-state index in [9.17, 15) is 14.0 Å². The van der Waals surface area contributed by atoms with Gasteiger partial charge in [-0.1, -0.05) is 31.9 Å². The van der Waals surface area contributed by atoms with E-state index in [2.05, 4.69) is 22.5 Å². The maximum Gasteiger partial charge on any atom is 0.270 e. The van der Waals surface area contributed by atoms with Crippen molar-refractivity contribution in [2.24, 2.45) is 0 Å². The molecule has 2 amide bonds. The second-order valence-corrected chi connectivity index (χ2v) is 7.20. The molecule has 2 aromatic rings. The van der Waals surface area contributed by atoms with Gasteiger partial charge in [-0.15, -0.1) is 11.3 Å². The molecule has 152 valence electrons. The molecule has 1 aromatic heterocycles. The van der Waals surface area contributed by atoms with Gasteiger partial charge >= 0.3 is 0 Å². The monoisotopic (exact) mass is 407 g/mol. The average Bonchev–Trinajstić information content (AvgIpc) is 3.16. The lowest BCUT2D eigenvalue weighted by molar-refractivity contribution is -0.121. The average molecular weight is 408 g/mol. The number of benzene rings is 1. The second-order valence-electron chi connectivity index (χ2n) is 6.26. The summed E-state index contributed by atoms with van der Waals surface area (Å²) >= 11 is 1.28. The number of ether oxygens (including phenoxy) is 1. The van der Waals surface area contributed by atoms with E-state index in [0.29, 0.717) is 36.6 Å². The molecule has 0 aliphatic carbocycles. The minimum atomic E-state index is -0.436. The summed E-state index contributed by atoms with van der Waals surface area (Å²) in [5.74, 6) is -0.503. The second kappa shape index (κ2) is 12.1. The van der Waals surface area contributed by atoms with E-state index < -0.39 is 5.82 Å². The Morgan fingerprint density at radius 2 is 1.93 bits per heavy atom. The summed E-state index contributed by atoms with van der Waals surface area (Å²) in [4.78, 5) is 27.9. The Kier molecular flexibility index (Phi) is 9.41. The molecular weight excluding hydrogens is 381 g/mol. The predicted octanol–water partition coefficient (Wildman–Crippen LogP) is 3.68. The molecule has 1 aromatic carbocycles. The fourth-order valence-corrected chi connectivity index (χ4v) is 3.10. The maximum atomic E-state index is 13.5. The van der Waals surface area contributed by atoms with Gasteiger partial charge in [0.15, 0.2) is 11.6 Å². The van der Waals surface area contributed by atoms with Crippen LogP contribution in [-0.4, -0.2) is 29.9 Å². The third-order valence-electron chi connectivity index (χ3n) is 3.94. The first kappa shape index (κ1) is 21.8. The number of rotatable bonds is 12. The number of thiazole rings is 1. The van der Waals surface area contributed by atoms with Crippen LogP contribution in [0.1, 0.15) is 54.5 Å². The van der Waals surface area contributed by atoms with Crippen molar-refractivity contribution < 1.29 is 18.7 Å². The van der Waals surface area contributed by atoms with Crippen molar-refractivity contribution in [3.8, 4) is 5.75 Å². The molecule has 6 nitrogen and oxygen atoms in total. The Morgan fingerprint density at radius 3 is 2.71 bits per heavy atom. The van der Waals surface area contributed by atoms with E-state index in [-0.39, 0.29) is 24.2 Å². The smallest absolute Gasteiger partial charge is 0.270 e. The van der Waals surface area contributed by atoms with Crippen LogP contribution in [-0.2, 0) is 11.4 Å². The Morgan fingerprint density at radius 1 is 1.14 bits per heavy atom. The summed E-state index contributed by atoms with van der Waals surface area (Å²) in [6, 6.07) is 6.14. The van der Waals surface area contributed by atoms with Crippen LogP contribution >= 0.6 is 11.3 Å². The van der Waals surface area contributed by atoms with Gasteiger partial charge in [-0.05, 0) is 25.0 Å². The zero-order valence-corrected chi connectivity index (χ0v) is 16.8. The molecule has 0 bridgehead atoms. The molecule has 2 N–H and O–H groups in total. The molecule has 0 radical (unpaired) electrons. The molecular formula is C20H26FN3O3S. The number of halogens is 1. The third kappa shape index (κ3) is 7.64. The maximum absolute atomic E-state index is 13.5. The highest BCUT2D eigenvalue weighted by Gasteiger charge is 2.11. The fourth-order valence-electron chi connectivity index (χ4n) is 2.42. The molecule has 0 spiro atoms. The molecule has 0 saturated carbocycles. The summed E-state index contributed by atoms with van der Waals surface area (Å²) < 4.78 is 18.9. The number of para-hydroxylation sites is 1. The quantitative estimate of drug-likeness (QED) is 0.526. The van der Waals surface area contributed by atoms with Crippen LogP contribution < -0.4 is 15.4 Å². The summed E-state index contributed by atoms with van der Waals surface area (Å²) in [5, 5.41) is 7.85. The van der Waals surface area contributed by atoms with Crippen molar-refractivity contribution in [2.75, 3.05) is 13.1 Å². The summed E-state index contributed by atoms with van der Waals surface area (Å²) in [6.45, 7) is 3.18. The van der Waals surface area contributed by atoms with Gasteiger partial charge < -0.3 is 15.4 Å². The standard InChI is InChI=1S/C20H26FN3O3S/c1-2-3-4-10-18(25)22-11-7-12-23-20(26)16-14-28-19(24-16)13-27-17-9-6-5-8-15(17)21/h5-6,8-9,14H,2-4,7,10-13H2,1H3,(H,22,25)(H,23,26). The van der Waals surface area contributed by atoms with E-state index in [1.54, 1.807) is 23.6 Å². The van der Waals surface area contributed by atoms with Crippen molar-refractivity contribution in [3.63, 3.8) is 0 Å². The number of nitrogens with zero attached hydrogens (tertiary/aromatic N) is 1. The van der Waals surface area contributed by atoms with Gasteiger partial charge in [-0.3, -0.25) is 9.59 Å². The van der Waals surface area contributed by atoms with Gasteiger partial charge in [-0.25, -0.2) is 9.37 Å². The Hall–Kier alpha value is -2.48. The van der Waals surface area contributed by atoms with Crippen LogP contribution in [0.5, 0.6) is 5.75 Å². The molecule has 1 heterocycles. The van der Waals surface area contributed by atoms with E-state index in [0.717, 1.165) is 19.3 Å². The SMILES string of the molecule is CCCCCC(=O)NCCCNC(=O)c1csc(COc2ccccc2F)n1. The van der Waals surface area contributed by atoms with Gasteiger partial charge in [0.25, 0.3) is 5.91 Å². The van der Waals surface area contributed by atoms with Crippen LogP contribution in [0.15, 0.2) is 29.6 Å². The molecule has 0 saturated heterocycles. The van der Waals surface area contributed by atoms with Crippen LogP contribution in [0.4, 0.5) is 4.39 Å². The van der Waals surface area contributed by atoms with E-state index in [1.807, 2.05) is 0 Å². The first-order chi connectivity index (χ1) is 13.6. The molecule has 0 aliphatic heterocycles. The number of unbranched alkanes of at least 4 members (excludes halogenated alkanes) is 2. The number of hydrogen-bond acceptors (Lipinski definition) is 5. The highest BCUT2D eigenvalue weighted by Crippen LogP contribution is 2.18. The molecule has 28 heavy (non-hydrogen) atoms. The Bertz CT molecular complexity index is 767. The largest absolute Gasteiger partial charge is 0.483 e. The van der Waals surface area contributed by atoms with E-state index >= 15 is 0 Å². The Labute approximate surface area is 168 Å². The lowest BCUT2D eigenvalue weighted by Gasteiger charge is -2.06. The summed E-state index contributed by atoms with van der Waals surface area (Å²) in [7, 11) is 0. The summed E-state index contributed by atoms with van der Waals surface area (Å²) in [5.41, 5.74) is 0.306. The van der Waals surface area contributed by atoms with Crippen molar-refractivity contribution in [1.29, 1.82) is 0 Å². The number of nitrogens with one attached hydrogen (secondary N) is 2. The highest BCUT2D eigenvalue weighted by atomic mass is 32.1. The molecule has 0 fully saturated rings. The van der Waals surface area contributed by atoms with Gasteiger partial charge in [0, 0.05) is 24.9 Å². The zero-order valence-electron chi connectivity index (χ0n) is 16.0. The lowest BCUT2D eigenvalue weighted by Crippen LogP contribution is -2.29. The Balaban J connectivity index is 1.64. The normalized spacial score (nSPS) is 10.5. The first-order valence-electron chi connectivity index (χ1n) is 9.46. The van der Waals surface area contributed by atoms with Crippen molar-refractivity contribution >= 4 is 23.2 Å². The van der Waals surface area contributed by atoms with Gasteiger partial charge in [-0.2, -0.15) is 0 Å².